The van der Waals surface area contributed by atoms with Gasteiger partial charge in [-0.15, -0.1) is 0 Å². The summed E-state index contributed by atoms with van der Waals surface area (Å²) in [6.07, 6.45) is 29.4. The van der Waals surface area contributed by atoms with E-state index in [4.69, 9.17) is 9.47 Å². The Balaban J connectivity index is 1.09. The minimum atomic E-state index is -0.0299. The van der Waals surface area contributed by atoms with Crippen molar-refractivity contribution in [3.63, 3.8) is 0 Å². The van der Waals surface area contributed by atoms with Crippen LogP contribution in [0.4, 0.5) is 0 Å². The summed E-state index contributed by atoms with van der Waals surface area (Å²) in [5, 5.41) is 0. The maximum Gasteiger partial charge on any atom is 0.314 e. The molecule has 1 aromatic rings. The zero-order valence-electron chi connectivity index (χ0n) is 26.8. The van der Waals surface area contributed by atoms with Crippen LogP contribution in [0, 0.1) is 35.5 Å². The van der Waals surface area contributed by atoms with E-state index in [0.717, 1.165) is 61.2 Å². The Morgan fingerprint density at radius 3 is 1.78 bits per heavy atom. The summed E-state index contributed by atoms with van der Waals surface area (Å²) < 4.78 is 11.9. The standard InChI is InChI=1S/C38H62O3/c1-3-5-7-12-30-17-19-33(20-18-30)34-21-23-35(24-22-34)38(39)41-37-27-25-36(26-28-37)40-29-11-16-32-15-10-9-14-31(32)13-8-6-4-2/h25-28,30-35H,3-24,29H2,1-2H3. The molecule has 0 aliphatic heterocycles. The van der Waals surface area contributed by atoms with Crippen LogP contribution in [-0.4, -0.2) is 12.6 Å². The second-order valence-corrected chi connectivity index (χ2v) is 14.1. The second kappa shape index (κ2) is 18.2. The van der Waals surface area contributed by atoms with Gasteiger partial charge in [-0.2, -0.15) is 0 Å². The molecule has 2 unspecified atom stereocenters. The van der Waals surface area contributed by atoms with Gasteiger partial charge in [0.25, 0.3) is 0 Å². The van der Waals surface area contributed by atoms with E-state index in [1.54, 1.807) is 0 Å². The molecule has 0 spiro atoms. The molecule has 0 saturated heterocycles. The first kappa shape index (κ1) is 32.4. The minimum absolute atomic E-state index is 0.0299. The molecule has 2 atom stereocenters. The van der Waals surface area contributed by atoms with Crippen LogP contribution < -0.4 is 9.47 Å². The Bertz CT molecular complexity index is 832. The van der Waals surface area contributed by atoms with E-state index in [1.165, 1.54) is 122 Å². The molecule has 0 aromatic heterocycles. The van der Waals surface area contributed by atoms with Crippen molar-refractivity contribution in [1.29, 1.82) is 0 Å². The van der Waals surface area contributed by atoms with Crippen molar-refractivity contribution in [3.05, 3.63) is 24.3 Å². The Morgan fingerprint density at radius 2 is 1.17 bits per heavy atom. The van der Waals surface area contributed by atoms with Crippen LogP contribution in [0.25, 0.3) is 0 Å². The third-order valence-electron chi connectivity index (χ3n) is 11.2. The smallest absolute Gasteiger partial charge is 0.314 e. The number of benzene rings is 1. The Morgan fingerprint density at radius 1 is 0.634 bits per heavy atom. The predicted octanol–water partition coefficient (Wildman–Crippen LogP) is 11.3. The number of esters is 1. The van der Waals surface area contributed by atoms with Gasteiger partial charge < -0.3 is 9.47 Å². The van der Waals surface area contributed by atoms with Gasteiger partial charge in [-0.3, -0.25) is 4.79 Å². The summed E-state index contributed by atoms with van der Waals surface area (Å²) in [5.41, 5.74) is 0. The first-order valence-electron chi connectivity index (χ1n) is 18.1. The number of carbonyl (C=O) groups is 1. The summed E-state index contributed by atoms with van der Waals surface area (Å²) in [7, 11) is 0. The van der Waals surface area contributed by atoms with Gasteiger partial charge in [-0.1, -0.05) is 104 Å². The lowest BCUT2D eigenvalue weighted by atomic mass is 9.68. The zero-order chi connectivity index (χ0) is 28.7. The SMILES string of the molecule is CCCCCC1CCC(C2CCC(C(=O)Oc3ccc(OCCCC4CCCCC4CCCCC)cc3)CC2)CC1. The lowest BCUT2D eigenvalue weighted by Gasteiger charge is -2.37. The molecule has 0 heterocycles. The molecule has 4 rings (SSSR count). The van der Waals surface area contributed by atoms with E-state index in [2.05, 4.69) is 13.8 Å². The lowest BCUT2D eigenvalue weighted by Crippen LogP contribution is -2.30. The normalized spacial score (nSPS) is 28.7. The van der Waals surface area contributed by atoms with Crippen LogP contribution >= 0.6 is 0 Å². The van der Waals surface area contributed by atoms with Crippen LogP contribution in [0.1, 0.15) is 155 Å². The fraction of sp³-hybridized carbons (Fsp3) is 0.816. The van der Waals surface area contributed by atoms with Crippen LogP contribution in [0.3, 0.4) is 0 Å². The number of hydrogen-bond donors (Lipinski definition) is 0. The van der Waals surface area contributed by atoms with Crippen molar-refractivity contribution in [2.75, 3.05) is 6.61 Å². The van der Waals surface area contributed by atoms with Crippen molar-refractivity contribution in [1.82, 2.24) is 0 Å². The number of hydrogen-bond acceptors (Lipinski definition) is 3. The fourth-order valence-corrected chi connectivity index (χ4v) is 8.50. The predicted molar refractivity (Wildman–Crippen MR) is 171 cm³/mol. The van der Waals surface area contributed by atoms with Gasteiger partial charge in [0.1, 0.15) is 11.5 Å². The molecule has 0 radical (unpaired) electrons. The molecule has 232 valence electrons. The van der Waals surface area contributed by atoms with Gasteiger partial charge in [0, 0.05) is 0 Å². The van der Waals surface area contributed by atoms with Crippen molar-refractivity contribution in [2.24, 2.45) is 35.5 Å². The van der Waals surface area contributed by atoms with Gasteiger partial charge in [0.05, 0.1) is 12.5 Å². The van der Waals surface area contributed by atoms with Crippen LogP contribution in [0.5, 0.6) is 11.5 Å². The number of carbonyl (C=O) groups excluding carboxylic acids is 1. The molecule has 0 bridgehead atoms. The van der Waals surface area contributed by atoms with Crippen molar-refractivity contribution in [2.45, 2.75) is 155 Å². The monoisotopic (exact) mass is 566 g/mol. The molecular formula is C38H62O3. The summed E-state index contributed by atoms with van der Waals surface area (Å²) >= 11 is 0. The van der Waals surface area contributed by atoms with E-state index < -0.39 is 0 Å². The van der Waals surface area contributed by atoms with Crippen LogP contribution in [0.2, 0.25) is 0 Å². The first-order chi connectivity index (χ1) is 20.2. The van der Waals surface area contributed by atoms with Gasteiger partial charge in [0.2, 0.25) is 0 Å². The van der Waals surface area contributed by atoms with Crippen LogP contribution in [-0.2, 0) is 4.79 Å². The molecule has 3 aliphatic carbocycles. The Kier molecular flexibility index (Phi) is 14.4. The van der Waals surface area contributed by atoms with E-state index in [-0.39, 0.29) is 11.9 Å². The summed E-state index contributed by atoms with van der Waals surface area (Å²) in [4.78, 5) is 12.9. The average molecular weight is 567 g/mol. The molecule has 0 amide bonds. The molecular weight excluding hydrogens is 504 g/mol. The summed E-state index contributed by atoms with van der Waals surface area (Å²) in [6.45, 7) is 5.39. The van der Waals surface area contributed by atoms with E-state index in [1.807, 2.05) is 24.3 Å². The zero-order valence-corrected chi connectivity index (χ0v) is 26.8. The molecule has 41 heavy (non-hydrogen) atoms. The van der Waals surface area contributed by atoms with Crippen molar-refractivity contribution in [3.8, 4) is 11.5 Å². The first-order valence-corrected chi connectivity index (χ1v) is 18.1. The highest BCUT2D eigenvalue weighted by Gasteiger charge is 2.33. The highest BCUT2D eigenvalue weighted by Crippen LogP contribution is 2.43. The summed E-state index contributed by atoms with van der Waals surface area (Å²) in [6, 6.07) is 7.74. The number of unbranched alkanes of at least 4 members (excludes halogenated alkanes) is 4. The molecule has 3 fully saturated rings. The molecule has 3 saturated carbocycles. The quantitative estimate of drug-likeness (QED) is 0.113. The lowest BCUT2D eigenvalue weighted by molar-refractivity contribution is -0.140. The minimum Gasteiger partial charge on any atom is -0.494 e. The van der Waals surface area contributed by atoms with E-state index in [0.29, 0.717) is 5.75 Å². The van der Waals surface area contributed by atoms with Gasteiger partial charge >= 0.3 is 5.97 Å². The number of ether oxygens (including phenoxy) is 2. The van der Waals surface area contributed by atoms with Crippen LogP contribution in [0.15, 0.2) is 24.3 Å². The molecule has 3 aliphatic rings. The molecule has 1 aromatic carbocycles. The van der Waals surface area contributed by atoms with Gasteiger partial charge in [-0.25, -0.2) is 0 Å². The fourth-order valence-electron chi connectivity index (χ4n) is 8.50. The summed E-state index contributed by atoms with van der Waals surface area (Å²) in [5.74, 6) is 6.13. The second-order valence-electron chi connectivity index (χ2n) is 14.1. The maximum atomic E-state index is 12.9. The largest absolute Gasteiger partial charge is 0.494 e. The Labute approximate surface area is 252 Å². The highest BCUT2D eigenvalue weighted by atomic mass is 16.5. The maximum absolute atomic E-state index is 12.9. The van der Waals surface area contributed by atoms with Crippen molar-refractivity contribution < 1.29 is 14.3 Å². The molecule has 3 nitrogen and oxygen atoms in total. The van der Waals surface area contributed by atoms with E-state index >= 15 is 0 Å². The molecule has 0 N–H and O–H groups in total. The number of rotatable bonds is 16. The third-order valence-corrected chi connectivity index (χ3v) is 11.2. The average Bonchev–Trinajstić information content (AvgIpc) is 3.01. The van der Waals surface area contributed by atoms with Gasteiger partial charge in [-0.05, 0) is 105 Å². The van der Waals surface area contributed by atoms with Gasteiger partial charge in [0.15, 0.2) is 0 Å². The third kappa shape index (κ3) is 10.9. The highest BCUT2D eigenvalue weighted by molar-refractivity contribution is 5.75. The topological polar surface area (TPSA) is 35.5 Å². The van der Waals surface area contributed by atoms with Crippen molar-refractivity contribution >= 4 is 5.97 Å². The molecule has 3 heteroatoms. The Hall–Kier alpha value is -1.51. The van der Waals surface area contributed by atoms with E-state index in [9.17, 15) is 4.79 Å².